The Bertz CT molecular complexity index is 861. The lowest BCUT2D eigenvalue weighted by Gasteiger charge is -2.19. The summed E-state index contributed by atoms with van der Waals surface area (Å²) in [6.07, 6.45) is 3.92. The van der Waals surface area contributed by atoms with Gasteiger partial charge in [-0.3, -0.25) is 9.59 Å². The van der Waals surface area contributed by atoms with Crippen molar-refractivity contribution >= 4 is 17.5 Å². The molecule has 1 aliphatic carbocycles. The molecule has 3 rings (SSSR count). The zero-order chi connectivity index (χ0) is 20.1. The van der Waals surface area contributed by atoms with Crippen molar-refractivity contribution in [2.75, 3.05) is 5.32 Å². The Morgan fingerprint density at radius 1 is 0.964 bits per heavy atom. The summed E-state index contributed by atoms with van der Waals surface area (Å²) in [7, 11) is 0. The van der Waals surface area contributed by atoms with E-state index in [0.717, 1.165) is 12.8 Å². The molecule has 1 aliphatic rings. The standard InChI is InChI=1S/C23H28N2O3/c1-15(2)24-23(27)20-10-6-7-11-21(20)25-22(26)16(3)28-19-13-12-17-8-4-5-9-18(17)14-19/h6-7,10-16H,4-5,8-9H2,1-3H3,(H,24,27)(H,25,26). The highest BCUT2D eigenvalue weighted by atomic mass is 16.5. The minimum Gasteiger partial charge on any atom is -0.481 e. The first-order valence-corrected chi connectivity index (χ1v) is 9.93. The quantitative estimate of drug-likeness (QED) is 0.792. The molecule has 2 aromatic rings. The molecule has 0 saturated carbocycles. The van der Waals surface area contributed by atoms with Crippen LogP contribution in [0.3, 0.4) is 0 Å². The van der Waals surface area contributed by atoms with E-state index in [9.17, 15) is 9.59 Å². The molecule has 2 aromatic carbocycles. The molecule has 0 saturated heterocycles. The predicted octanol–water partition coefficient (Wildman–Crippen LogP) is 4.11. The summed E-state index contributed by atoms with van der Waals surface area (Å²) < 4.78 is 5.87. The van der Waals surface area contributed by atoms with Crippen LogP contribution in [0.1, 0.15) is 55.1 Å². The van der Waals surface area contributed by atoms with Gasteiger partial charge in [0, 0.05) is 6.04 Å². The highest BCUT2D eigenvalue weighted by Crippen LogP contribution is 2.26. The number of para-hydroxylation sites is 1. The van der Waals surface area contributed by atoms with E-state index < -0.39 is 6.10 Å². The minimum atomic E-state index is -0.678. The first-order valence-electron chi connectivity index (χ1n) is 9.93. The summed E-state index contributed by atoms with van der Waals surface area (Å²) in [5.74, 6) is 0.200. The number of benzene rings is 2. The molecule has 1 atom stereocenters. The third kappa shape index (κ3) is 4.91. The van der Waals surface area contributed by atoms with E-state index in [1.165, 1.54) is 24.0 Å². The van der Waals surface area contributed by atoms with Crippen LogP contribution in [0, 0.1) is 0 Å². The molecule has 5 heteroatoms. The van der Waals surface area contributed by atoms with Crippen LogP contribution in [-0.2, 0) is 17.6 Å². The van der Waals surface area contributed by atoms with Gasteiger partial charge in [-0.05, 0) is 81.8 Å². The molecule has 0 aliphatic heterocycles. The third-order valence-corrected chi connectivity index (χ3v) is 4.85. The molecule has 2 N–H and O–H groups in total. The van der Waals surface area contributed by atoms with E-state index in [4.69, 9.17) is 4.74 Å². The topological polar surface area (TPSA) is 67.4 Å². The van der Waals surface area contributed by atoms with Crippen molar-refractivity contribution in [2.24, 2.45) is 0 Å². The van der Waals surface area contributed by atoms with E-state index in [2.05, 4.69) is 16.7 Å². The van der Waals surface area contributed by atoms with Gasteiger partial charge in [-0.2, -0.15) is 0 Å². The Labute approximate surface area is 166 Å². The fourth-order valence-electron chi connectivity index (χ4n) is 3.41. The number of fused-ring (bicyclic) bond motifs is 1. The van der Waals surface area contributed by atoms with Crippen molar-refractivity contribution in [3.05, 3.63) is 59.2 Å². The maximum absolute atomic E-state index is 12.6. The Morgan fingerprint density at radius 2 is 1.68 bits per heavy atom. The number of anilines is 1. The molecular formula is C23H28N2O3. The van der Waals surface area contributed by atoms with Crippen LogP contribution in [0.2, 0.25) is 0 Å². The maximum atomic E-state index is 12.6. The summed E-state index contributed by atoms with van der Waals surface area (Å²) in [5, 5.41) is 5.67. The van der Waals surface area contributed by atoms with Crippen molar-refractivity contribution in [1.29, 1.82) is 0 Å². The van der Waals surface area contributed by atoms with Crippen LogP contribution >= 0.6 is 0 Å². The first-order chi connectivity index (χ1) is 13.4. The highest BCUT2D eigenvalue weighted by molar-refractivity contribution is 6.04. The van der Waals surface area contributed by atoms with Gasteiger partial charge in [0.2, 0.25) is 0 Å². The van der Waals surface area contributed by atoms with Gasteiger partial charge in [0.05, 0.1) is 11.3 Å². The number of nitrogens with one attached hydrogen (secondary N) is 2. The average molecular weight is 380 g/mol. The van der Waals surface area contributed by atoms with Crippen LogP contribution in [0.5, 0.6) is 5.75 Å². The van der Waals surface area contributed by atoms with Gasteiger partial charge in [-0.25, -0.2) is 0 Å². The van der Waals surface area contributed by atoms with Crippen molar-refractivity contribution in [3.8, 4) is 5.75 Å². The van der Waals surface area contributed by atoms with Gasteiger partial charge in [0.25, 0.3) is 11.8 Å². The van der Waals surface area contributed by atoms with Crippen molar-refractivity contribution in [1.82, 2.24) is 5.32 Å². The van der Waals surface area contributed by atoms with Crippen LogP contribution in [0.25, 0.3) is 0 Å². The van der Waals surface area contributed by atoms with Crippen LogP contribution < -0.4 is 15.4 Å². The number of carbonyl (C=O) groups is 2. The Balaban J connectivity index is 1.67. The minimum absolute atomic E-state index is 0.0162. The van der Waals surface area contributed by atoms with Gasteiger partial charge in [-0.1, -0.05) is 18.2 Å². The normalized spacial score (nSPS) is 14.1. The Kier molecular flexibility index (Phi) is 6.34. The summed E-state index contributed by atoms with van der Waals surface area (Å²) >= 11 is 0. The second kappa shape index (κ2) is 8.91. The number of ether oxygens (including phenoxy) is 1. The van der Waals surface area contributed by atoms with Crippen molar-refractivity contribution in [3.63, 3.8) is 0 Å². The van der Waals surface area contributed by atoms with Gasteiger partial charge in [0.1, 0.15) is 5.75 Å². The molecule has 0 aromatic heterocycles. The zero-order valence-corrected chi connectivity index (χ0v) is 16.7. The summed E-state index contributed by atoms with van der Waals surface area (Å²) in [6.45, 7) is 5.51. The molecule has 28 heavy (non-hydrogen) atoms. The van der Waals surface area contributed by atoms with E-state index in [1.54, 1.807) is 31.2 Å². The molecule has 148 valence electrons. The Morgan fingerprint density at radius 3 is 2.43 bits per heavy atom. The summed E-state index contributed by atoms with van der Waals surface area (Å²) in [5.41, 5.74) is 3.60. The zero-order valence-electron chi connectivity index (χ0n) is 16.7. The smallest absolute Gasteiger partial charge is 0.265 e. The predicted molar refractivity (Wildman–Crippen MR) is 111 cm³/mol. The largest absolute Gasteiger partial charge is 0.481 e. The highest BCUT2D eigenvalue weighted by Gasteiger charge is 2.19. The lowest BCUT2D eigenvalue weighted by Crippen LogP contribution is -2.33. The molecule has 5 nitrogen and oxygen atoms in total. The van der Waals surface area contributed by atoms with Crippen molar-refractivity contribution < 1.29 is 14.3 Å². The molecule has 2 amide bonds. The number of rotatable bonds is 6. The van der Waals surface area contributed by atoms with Gasteiger partial charge in [0.15, 0.2) is 6.10 Å². The van der Waals surface area contributed by atoms with Crippen molar-refractivity contribution in [2.45, 2.75) is 58.6 Å². The fraction of sp³-hybridized carbons (Fsp3) is 0.391. The third-order valence-electron chi connectivity index (χ3n) is 4.85. The molecule has 1 unspecified atom stereocenters. The van der Waals surface area contributed by atoms with Crippen LogP contribution in [0.15, 0.2) is 42.5 Å². The summed E-state index contributed by atoms with van der Waals surface area (Å²) in [4.78, 5) is 25.0. The van der Waals surface area contributed by atoms with E-state index in [0.29, 0.717) is 17.0 Å². The monoisotopic (exact) mass is 380 g/mol. The first kappa shape index (κ1) is 19.9. The average Bonchev–Trinajstić information content (AvgIpc) is 2.67. The second-order valence-electron chi connectivity index (χ2n) is 7.56. The number of amides is 2. The second-order valence-corrected chi connectivity index (χ2v) is 7.56. The SMILES string of the molecule is CC(C)NC(=O)c1ccccc1NC(=O)C(C)Oc1ccc2c(c1)CCCC2. The number of aryl methyl sites for hydroxylation is 2. The lowest BCUT2D eigenvalue weighted by atomic mass is 9.92. The maximum Gasteiger partial charge on any atom is 0.265 e. The molecule has 0 heterocycles. The number of hydrogen-bond acceptors (Lipinski definition) is 3. The van der Waals surface area contributed by atoms with Gasteiger partial charge >= 0.3 is 0 Å². The number of hydrogen-bond donors (Lipinski definition) is 2. The van der Waals surface area contributed by atoms with E-state index in [1.807, 2.05) is 26.0 Å². The molecule has 0 radical (unpaired) electrons. The number of carbonyl (C=O) groups excluding carboxylic acids is 2. The molecule has 0 fully saturated rings. The lowest BCUT2D eigenvalue weighted by molar-refractivity contribution is -0.122. The Hall–Kier alpha value is -2.82. The van der Waals surface area contributed by atoms with E-state index >= 15 is 0 Å². The fourth-order valence-corrected chi connectivity index (χ4v) is 3.41. The molecular weight excluding hydrogens is 352 g/mol. The molecule has 0 bridgehead atoms. The summed E-state index contributed by atoms with van der Waals surface area (Å²) in [6, 6.07) is 13.1. The van der Waals surface area contributed by atoms with E-state index in [-0.39, 0.29) is 17.9 Å². The van der Waals surface area contributed by atoms with Crippen LogP contribution in [-0.4, -0.2) is 24.0 Å². The van der Waals surface area contributed by atoms with Gasteiger partial charge < -0.3 is 15.4 Å². The van der Waals surface area contributed by atoms with Crippen LogP contribution in [0.4, 0.5) is 5.69 Å². The molecule has 0 spiro atoms. The van der Waals surface area contributed by atoms with Gasteiger partial charge in [-0.15, -0.1) is 0 Å².